The fourth-order valence-corrected chi connectivity index (χ4v) is 2.13. The van der Waals surface area contributed by atoms with Crippen LogP contribution in [0.25, 0.3) is 0 Å². The van der Waals surface area contributed by atoms with E-state index in [9.17, 15) is 5.11 Å². The second-order valence-electron chi connectivity index (χ2n) is 4.40. The van der Waals surface area contributed by atoms with E-state index in [1.54, 1.807) is 0 Å². The third kappa shape index (κ3) is 2.87. The minimum atomic E-state index is -0.107. The van der Waals surface area contributed by atoms with Gasteiger partial charge in [-0.25, -0.2) is 9.97 Å². The van der Waals surface area contributed by atoms with Gasteiger partial charge in [0.05, 0.1) is 12.2 Å². The van der Waals surface area contributed by atoms with Crippen LogP contribution in [0.1, 0.15) is 38.2 Å². The Balaban J connectivity index is 2.25. The van der Waals surface area contributed by atoms with E-state index in [0.29, 0.717) is 16.8 Å². The first-order valence-corrected chi connectivity index (χ1v) is 6.52. The molecule has 0 aliphatic heterocycles. The summed E-state index contributed by atoms with van der Waals surface area (Å²) in [6, 6.07) is 0.567. The average molecular weight is 256 g/mol. The zero-order valence-electron chi connectivity index (χ0n) is 10.1. The largest absolute Gasteiger partial charge is 0.391 e. The van der Waals surface area contributed by atoms with Crippen molar-refractivity contribution in [2.24, 2.45) is 0 Å². The van der Waals surface area contributed by atoms with Gasteiger partial charge in [0.1, 0.15) is 17.3 Å². The summed E-state index contributed by atoms with van der Waals surface area (Å²) in [5.74, 6) is 0.809. The van der Waals surface area contributed by atoms with E-state index in [-0.39, 0.29) is 6.61 Å². The maximum Gasteiger partial charge on any atom is 0.140 e. The van der Waals surface area contributed by atoms with E-state index >= 15 is 0 Å². The molecule has 94 valence electrons. The highest BCUT2D eigenvalue weighted by molar-refractivity contribution is 6.30. The Kier molecular flexibility index (Phi) is 4.18. The molecule has 0 unspecified atom stereocenters. The van der Waals surface area contributed by atoms with Crippen LogP contribution in [0.3, 0.4) is 0 Å². The molecule has 1 fully saturated rings. The van der Waals surface area contributed by atoms with Crippen molar-refractivity contribution in [2.75, 3.05) is 11.4 Å². The monoisotopic (exact) mass is 255 g/mol. The van der Waals surface area contributed by atoms with E-state index in [1.807, 2.05) is 0 Å². The molecule has 1 N–H and O–H groups in total. The fourth-order valence-electron chi connectivity index (χ4n) is 1.94. The minimum Gasteiger partial charge on any atom is -0.391 e. The first-order chi connectivity index (χ1) is 8.27. The first-order valence-electron chi connectivity index (χ1n) is 6.14. The van der Waals surface area contributed by atoms with Gasteiger partial charge >= 0.3 is 0 Å². The summed E-state index contributed by atoms with van der Waals surface area (Å²) in [6.07, 6.45) is 6.16. The summed E-state index contributed by atoms with van der Waals surface area (Å²) in [5, 5.41) is 9.75. The SMILES string of the molecule is CCCCN(c1ncnc(Cl)c1CO)C1CC1. The third-order valence-electron chi connectivity index (χ3n) is 3.04. The van der Waals surface area contributed by atoms with Crippen molar-refractivity contribution < 1.29 is 5.11 Å². The van der Waals surface area contributed by atoms with Crippen LogP contribution in [0.5, 0.6) is 0 Å². The Labute approximate surface area is 107 Å². The molecule has 1 aromatic rings. The molecule has 1 aromatic heterocycles. The summed E-state index contributed by atoms with van der Waals surface area (Å²) >= 11 is 5.99. The molecule has 0 atom stereocenters. The number of rotatable bonds is 6. The molecule has 0 saturated heterocycles. The van der Waals surface area contributed by atoms with E-state index in [2.05, 4.69) is 21.8 Å². The Bertz CT molecular complexity index is 382. The number of unbranched alkanes of at least 4 members (excludes halogenated alkanes) is 1. The molecule has 1 saturated carbocycles. The van der Waals surface area contributed by atoms with Crippen molar-refractivity contribution >= 4 is 17.4 Å². The van der Waals surface area contributed by atoms with Crippen LogP contribution < -0.4 is 4.90 Å². The van der Waals surface area contributed by atoms with E-state index < -0.39 is 0 Å². The van der Waals surface area contributed by atoms with Crippen LogP contribution in [0, 0.1) is 0 Å². The number of anilines is 1. The van der Waals surface area contributed by atoms with Gasteiger partial charge in [-0.3, -0.25) is 0 Å². The molecule has 0 amide bonds. The van der Waals surface area contributed by atoms with Crippen LogP contribution >= 0.6 is 11.6 Å². The van der Waals surface area contributed by atoms with Gasteiger partial charge in [-0.1, -0.05) is 24.9 Å². The standard InChI is InChI=1S/C12H18ClN3O/c1-2-3-6-16(9-4-5-9)12-10(7-17)11(13)14-8-15-12/h8-9,17H,2-7H2,1H3. The Morgan fingerprint density at radius 1 is 1.47 bits per heavy atom. The average Bonchev–Trinajstić information content (AvgIpc) is 3.14. The molecule has 1 aliphatic carbocycles. The van der Waals surface area contributed by atoms with Gasteiger partial charge in [0.15, 0.2) is 0 Å². The van der Waals surface area contributed by atoms with E-state index in [0.717, 1.165) is 25.2 Å². The van der Waals surface area contributed by atoms with Gasteiger partial charge in [-0.15, -0.1) is 0 Å². The second-order valence-corrected chi connectivity index (χ2v) is 4.76. The van der Waals surface area contributed by atoms with Crippen LogP contribution in [0.15, 0.2) is 6.33 Å². The summed E-state index contributed by atoms with van der Waals surface area (Å²) in [7, 11) is 0. The highest BCUT2D eigenvalue weighted by Crippen LogP contribution is 2.34. The Hall–Kier alpha value is -0.870. The predicted molar refractivity (Wildman–Crippen MR) is 68.2 cm³/mol. The van der Waals surface area contributed by atoms with Gasteiger partial charge in [-0.05, 0) is 19.3 Å². The predicted octanol–water partition coefficient (Wildman–Crippen LogP) is 2.39. The lowest BCUT2D eigenvalue weighted by molar-refractivity contribution is 0.281. The molecule has 0 spiro atoms. The number of nitrogens with zero attached hydrogens (tertiary/aromatic N) is 3. The van der Waals surface area contributed by atoms with Crippen molar-refractivity contribution in [3.63, 3.8) is 0 Å². The molecule has 1 heterocycles. The van der Waals surface area contributed by atoms with Gasteiger partial charge in [0.2, 0.25) is 0 Å². The highest BCUT2D eigenvalue weighted by atomic mass is 35.5. The van der Waals surface area contributed by atoms with Crippen molar-refractivity contribution in [3.05, 3.63) is 17.0 Å². The number of hydrogen-bond donors (Lipinski definition) is 1. The quantitative estimate of drug-likeness (QED) is 0.793. The van der Waals surface area contributed by atoms with Crippen molar-refractivity contribution in [1.82, 2.24) is 9.97 Å². The van der Waals surface area contributed by atoms with E-state index in [1.165, 1.54) is 19.2 Å². The smallest absolute Gasteiger partial charge is 0.140 e. The van der Waals surface area contributed by atoms with Gasteiger partial charge in [0.25, 0.3) is 0 Å². The minimum absolute atomic E-state index is 0.107. The lowest BCUT2D eigenvalue weighted by atomic mass is 10.2. The normalized spacial score (nSPS) is 15.0. The molecular weight excluding hydrogens is 238 g/mol. The van der Waals surface area contributed by atoms with Crippen LogP contribution in [-0.2, 0) is 6.61 Å². The summed E-state index contributed by atoms with van der Waals surface area (Å²) < 4.78 is 0. The lowest BCUT2D eigenvalue weighted by Gasteiger charge is -2.25. The number of aromatic nitrogens is 2. The number of aliphatic hydroxyl groups is 1. The molecule has 5 heteroatoms. The zero-order chi connectivity index (χ0) is 12.3. The second kappa shape index (κ2) is 5.65. The van der Waals surface area contributed by atoms with Crippen LogP contribution in [-0.4, -0.2) is 27.7 Å². The van der Waals surface area contributed by atoms with Gasteiger partial charge in [0, 0.05) is 12.6 Å². The molecule has 0 bridgehead atoms. The molecule has 1 aliphatic rings. The fraction of sp³-hybridized carbons (Fsp3) is 0.667. The topological polar surface area (TPSA) is 49.2 Å². The zero-order valence-corrected chi connectivity index (χ0v) is 10.8. The summed E-state index contributed by atoms with van der Waals surface area (Å²) in [5.41, 5.74) is 0.650. The van der Waals surface area contributed by atoms with Crippen molar-refractivity contribution in [3.8, 4) is 0 Å². The lowest BCUT2D eigenvalue weighted by Crippen LogP contribution is -2.29. The summed E-state index contributed by atoms with van der Waals surface area (Å²) in [6.45, 7) is 3.04. The summed E-state index contributed by atoms with van der Waals surface area (Å²) in [4.78, 5) is 10.5. The highest BCUT2D eigenvalue weighted by Gasteiger charge is 2.31. The molecule has 0 aromatic carbocycles. The number of hydrogen-bond acceptors (Lipinski definition) is 4. The van der Waals surface area contributed by atoms with Crippen molar-refractivity contribution in [2.45, 2.75) is 45.3 Å². The maximum absolute atomic E-state index is 9.38. The molecule has 0 radical (unpaired) electrons. The molecule has 17 heavy (non-hydrogen) atoms. The van der Waals surface area contributed by atoms with Crippen LogP contribution in [0.4, 0.5) is 5.82 Å². The van der Waals surface area contributed by atoms with Crippen molar-refractivity contribution in [1.29, 1.82) is 0 Å². The van der Waals surface area contributed by atoms with Crippen LogP contribution in [0.2, 0.25) is 5.15 Å². The molecular formula is C12H18ClN3O. The Morgan fingerprint density at radius 2 is 2.24 bits per heavy atom. The maximum atomic E-state index is 9.38. The van der Waals surface area contributed by atoms with Gasteiger partial charge in [-0.2, -0.15) is 0 Å². The third-order valence-corrected chi connectivity index (χ3v) is 3.37. The van der Waals surface area contributed by atoms with E-state index in [4.69, 9.17) is 11.6 Å². The first kappa shape index (κ1) is 12.6. The van der Waals surface area contributed by atoms with Gasteiger partial charge < -0.3 is 10.0 Å². The molecule has 4 nitrogen and oxygen atoms in total. The molecule has 2 rings (SSSR count). The Morgan fingerprint density at radius 3 is 2.82 bits per heavy atom. The number of aliphatic hydroxyl groups excluding tert-OH is 1. The number of halogens is 1.